The molecule has 0 heterocycles. The van der Waals surface area contributed by atoms with Gasteiger partial charge in [0.2, 0.25) is 0 Å². The molecule has 0 saturated heterocycles. The molecule has 0 spiro atoms. The van der Waals surface area contributed by atoms with Crippen molar-refractivity contribution in [3.05, 3.63) is 59.2 Å². The maximum absolute atomic E-state index is 13.2. The van der Waals surface area contributed by atoms with Gasteiger partial charge in [0.25, 0.3) is 0 Å². The van der Waals surface area contributed by atoms with Crippen LogP contribution in [0.15, 0.2) is 42.5 Å². The predicted molar refractivity (Wildman–Crippen MR) is 211 cm³/mol. The van der Waals surface area contributed by atoms with Crippen LogP contribution >= 0.6 is 0 Å². The van der Waals surface area contributed by atoms with E-state index in [1.54, 1.807) is 14.2 Å². The SMILES string of the molecule is COCOc1ccc2c(c1OCOC)C1CCC3(C)C(=O)CCC3C1C(CCCCC(=O)CCC(=O)CCC(=O)CCC(=O)CCC(=O)Cc1ccccc1)C2. The Balaban J connectivity index is 1.05. The highest BCUT2D eigenvalue weighted by Gasteiger charge is 2.57. The van der Waals surface area contributed by atoms with E-state index in [0.717, 1.165) is 50.5 Å². The molecule has 0 aromatic heterocycles. The van der Waals surface area contributed by atoms with Crippen LogP contribution in [0.2, 0.25) is 0 Å². The van der Waals surface area contributed by atoms with E-state index in [-0.39, 0.29) is 105 Å². The maximum atomic E-state index is 13.2. The second-order valence-electron chi connectivity index (χ2n) is 16.3. The van der Waals surface area contributed by atoms with E-state index < -0.39 is 0 Å². The van der Waals surface area contributed by atoms with Crippen LogP contribution in [0, 0.1) is 23.2 Å². The minimum Gasteiger partial charge on any atom is -0.464 e. The summed E-state index contributed by atoms with van der Waals surface area (Å²) in [6.45, 7) is 2.38. The first-order valence-electron chi connectivity index (χ1n) is 20.6. The van der Waals surface area contributed by atoms with Crippen molar-refractivity contribution < 1.29 is 47.7 Å². The molecule has 2 fully saturated rings. The summed E-state index contributed by atoms with van der Waals surface area (Å²) >= 11 is 0. The normalized spacial score (nSPS) is 22.4. The molecule has 2 aromatic rings. The fraction of sp³-hybridized carbons (Fsp3) is 0.609. The largest absolute Gasteiger partial charge is 0.464 e. The lowest BCUT2D eigenvalue weighted by Crippen LogP contribution is -2.46. The zero-order chi connectivity index (χ0) is 40.1. The number of hydrogen-bond donors (Lipinski definition) is 0. The molecule has 0 amide bonds. The van der Waals surface area contributed by atoms with E-state index in [2.05, 4.69) is 13.0 Å². The third-order valence-electron chi connectivity index (χ3n) is 12.6. The van der Waals surface area contributed by atoms with Crippen LogP contribution in [0.3, 0.4) is 0 Å². The number of carbonyl (C=O) groups is 6. The molecule has 3 aliphatic rings. The fourth-order valence-corrected chi connectivity index (χ4v) is 9.64. The average molecular weight is 773 g/mol. The first kappa shape index (κ1) is 43.1. The Morgan fingerprint density at radius 2 is 1.29 bits per heavy atom. The summed E-state index contributed by atoms with van der Waals surface area (Å²) in [6, 6.07) is 13.5. The lowest BCUT2D eigenvalue weighted by molar-refractivity contribution is -0.130. The number of hydrogen-bond acceptors (Lipinski definition) is 10. The molecule has 304 valence electrons. The molecule has 0 aliphatic heterocycles. The number of methoxy groups -OCH3 is 2. The van der Waals surface area contributed by atoms with E-state index >= 15 is 0 Å². The minimum atomic E-state index is -0.302. The summed E-state index contributed by atoms with van der Waals surface area (Å²) in [7, 11) is 3.19. The van der Waals surface area contributed by atoms with Crippen LogP contribution in [0.25, 0.3) is 0 Å². The highest BCUT2D eigenvalue weighted by Crippen LogP contribution is 2.63. The van der Waals surface area contributed by atoms with E-state index in [1.165, 1.54) is 11.1 Å². The van der Waals surface area contributed by atoms with Gasteiger partial charge < -0.3 is 18.9 Å². The topological polar surface area (TPSA) is 139 Å². The smallest absolute Gasteiger partial charge is 0.188 e. The van der Waals surface area contributed by atoms with Crippen LogP contribution < -0.4 is 9.47 Å². The number of ether oxygens (including phenoxy) is 4. The molecule has 2 aromatic carbocycles. The number of benzene rings is 2. The number of rotatable bonds is 25. The molecule has 0 bridgehead atoms. The molecule has 0 N–H and O–H groups in total. The Kier molecular flexibility index (Phi) is 16.1. The summed E-state index contributed by atoms with van der Waals surface area (Å²) in [5.74, 6) is 2.59. The Hall–Kier alpha value is -4.02. The van der Waals surface area contributed by atoms with Crippen molar-refractivity contribution in [1.29, 1.82) is 0 Å². The summed E-state index contributed by atoms with van der Waals surface area (Å²) in [5.41, 5.74) is 3.03. The molecule has 2 saturated carbocycles. The fourth-order valence-electron chi connectivity index (χ4n) is 9.64. The summed E-state index contributed by atoms with van der Waals surface area (Å²) in [4.78, 5) is 75.3. The molecule has 10 heteroatoms. The van der Waals surface area contributed by atoms with Crippen molar-refractivity contribution in [2.24, 2.45) is 23.2 Å². The Morgan fingerprint density at radius 3 is 1.91 bits per heavy atom. The Labute approximate surface area is 331 Å². The number of carbonyl (C=O) groups excluding carboxylic acids is 6. The third kappa shape index (κ3) is 11.3. The van der Waals surface area contributed by atoms with Gasteiger partial charge in [-0.05, 0) is 79.4 Å². The van der Waals surface area contributed by atoms with Gasteiger partial charge in [-0.2, -0.15) is 0 Å². The van der Waals surface area contributed by atoms with Gasteiger partial charge in [-0.25, -0.2) is 0 Å². The summed E-state index contributed by atoms with van der Waals surface area (Å²) < 4.78 is 22.6. The second kappa shape index (κ2) is 20.9. The van der Waals surface area contributed by atoms with E-state index in [4.69, 9.17) is 18.9 Å². The molecule has 56 heavy (non-hydrogen) atoms. The Morgan fingerprint density at radius 1 is 0.696 bits per heavy atom. The summed E-state index contributed by atoms with van der Waals surface area (Å²) in [6.07, 6.45) is 8.30. The molecule has 5 unspecified atom stereocenters. The van der Waals surface area contributed by atoms with Crippen LogP contribution in [0.5, 0.6) is 11.5 Å². The van der Waals surface area contributed by atoms with E-state index in [9.17, 15) is 28.8 Å². The monoisotopic (exact) mass is 772 g/mol. The number of unbranched alkanes of at least 4 members (excludes halogenated alkanes) is 1. The number of Topliss-reactive ketones (excluding diaryl/α,β-unsaturated/α-hetero) is 6. The first-order chi connectivity index (χ1) is 27.0. The quantitative estimate of drug-likeness (QED) is 0.0719. The van der Waals surface area contributed by atoms with E-state index in [1.807, 2.05) is 36.4 Å². The average Bonchev–Trinajstić information content (AvgIpc) is 3.51. The first-order valence-corrected chi connectivity index (χ1v) is 20.6. The molecule has 5 rings (SSSR count). The van der Waals surface area contributed by atoms with E-state index in [0.29, 0.717) is 54.3 Å². The van der Waals surface area contributed by atoms with Crippen LogP contribution in [-0.4, -0.2) is 62.5 Å². The Bertz CT molecular complexity index is 1700. The molecular weight excluding hydrogens is 712 g/mol. The maximum Gasteiger partial charge on any atom is 0.188 e. The number of fused-ring (bicyclic) bond motifs is 5. The van der Waals surface area contributed by atoms with Crippen molar-refractivity contribution in [3.63, 3.8) is 0 Å². The highest BCUT2D eigenvalue weighted by molar-refractivity contribution is 5.92. The van der Waals surface area contributed by atoms with Gasteiger partial charge in [0, 0.05) is 95.8 Å². The van der Waals surface area contributed by atoms with Gasteiger partial charge in [-0.3, -0.25) is 28.8 Å². The molecule has 3 aliphatic carbocycles. The van der Waals surface area contributed by atoms with Gasteiger partial charge in [-0.1, -0.05) is 49.7 Å². The zero-order valence-corrected chi connectivity index (χ0v) is 33.6. The minimum absolute atomic E-state index is 0.00748. The molecular formula is C46H60O10. The predicted octanol–water partition coefficient (Wildman–Crippen LogP) is 8.07. The van der Waals surface area contributed by atoms with Crippen LogP contribution in [-0.2, 0) is 51.1 Å². The van der Waals surface area contributed by atoms with Gasteiger partial charge in [0.15, 0.2) is 25.1 Å². The van der Waals surface area contributed by atoms with Crippen molar-refractivity contribution >= 4 is 34.7 Å². The van der Waals surface area contributed by atoms with Crippen molar-refractivity contribution in [1.82, 2.24) is 0 Å². The van der Waals surface area contributed by atoms with Crippen LogP contribution in [0.1, 0.15) is 132 Å². The van der Waals surface area contributed by atoms with Gasteiger partial charge in [0.05, 0.1) is 0 Å². The lowest BCUT2D eigenvalue weighted by Gasteiger charge is -2.52. The second-order valence-corrected chi connectivity index (χ2v) is 16.3. The van der Waals surface area contributed by atoms with Crippen LogP contribution in [0.4, 0.5) is 0 Å². The number of ketones is 6. The van der Waals surface area contributed by atoms with Crippen molar-refractivity contribution in [2.45, 2.75) is 128 Å². The summed E-state index contributed by atoms with van der Waals surface area (Å²) in [5, 5.41) is 0. The van der Waals surface area contributed by atoms with Crippen molar-refractivity contribution in [3.8, 4) is 11.5 Å². The van der Waals surface area contributed by atoms with Gasteiger partial charge >= 0.3 is 0 Å². The zero-order valence-electron chi connectivity index (χ0n) is 33.6. The molecule has 5 atom stereocenters. The van der Waals surface area contributed by atoms with Crippen molar-refractivity contribution in [2.75, 3.05) is 27.8 Å². The molecule has 0 radical (unpaired) electrons. The molecule has 10 nitrogen and oxygen atoms in total. The lowest BCUT2D eigenvalue weighted by atomic mass is 9.52. The highest BCUT2D eigenvalue weighted by atomic mass is 16.7. The van der Waals surface area contributed by atoms with Gasteiger partial charge in [-0.15, -0.1) is 0 Å². The standard InChI is InChI=1S/C46H60O10/c1-46-26-25-39-43(40(46)22-24-42(46)52)32(28-33-13-23-41(55-29-53-2)45(44(33)39)56-30-54-3)11-7-8-12-34(47)14-15-35(48)16-17-36(49)18-19-37(50)20-21-38(51)27-31-9-5-4-6-10-31/h4-6,9-10,13,23,32,39-40,43H,7-8,11-12,14-22,24-30H2,1-3H3. The third-order valence-corrected chi connectivity index (χ3v) is 12.6. The van der Waals surface area contributed by atoms with Gasteiger partial charge in [0.1, 0.15) is 34.7 Å².